The lowest BCUT2D eigenvalue weighted by Crippen LogP contribution is -2.27. The minimum absolute atomic E-state index is 0.468. The van der Waals surface area contributed by atoms with Gasteiger partial charge in [-0.1, -0.05) is 0 Å². The zero-order chi connectivity index (χ0) is 8.27. The summed E-state index contributed by atoms with van der Waals surface area (Å²) in [5, 5.41) is 10.9. The Morgan fingerprint density at radius 1 is 1.64 bits per heavy atom. The Hall–Kier alpha value is -0.610. The third kappa shape index (κ3) is 2.17. The lowest BCUT2D eigenvalue weighted by molar-refractivity contribution is -0.617. The average molecular weight is 218 g/mol. The zero-order valence-corrected chi connectivity index (χ0v) is 7.67. The van der Waals surface area contributed by atoms with Crippen molar-refractivity contribution in [3.63, 3.8) is 0 Å². The second-order valence-electron chi connectivity index (χ2n) is 2.12. The van der Waals surface area contributed by atoms with E-state index in [-0.39, 0.29) is 0 Å². The molecule has 60 valence electrons. The Kier molecular flexibility index (Phi) is 2.84. The number of pyridine rings is 1. The van der Waals surface area contributed by atoms with Crippen LogP contribution in [0.2, 0.25) is 0 Å². The molecule has 0 atom stereocenters. The van der Waals surface area contributed by atoms with Gasteiger partial charge in [-0.25, -0.2) is 0 Å². The first-order valence-electron chi connectivity index (χ1n) is 3.10. The summed E-state index contributed by atoms with van der Waals surface area (Å²) in [4.78, 5) is 0. The van der Waals surface area contributed by atoms with E-state index in [9.17, 15) is 5.21 Å². The van der Waals surface area contributed by atoms with Gasteiger partial charge in [0.15, 0.2) is 6.20 Å². The highest BCUT2D eigenvalue weighted by molar-refractivity contribution is 9.10. The molecule has 0 N–H and O–H groups in total. The molecule has 0 radical (unpaired) electrons. The number of ether oxygens (including phenoxy) is 1. The van der Waals surface area contributed by atoms with Crippen LogP contribution in [0.15, 0.2) is 22.9 Å². The van der Waals surface area contributed by atoms with Gasteiger partial charge >= 0.3 is 0 Å². The molecule has 1 aromatic heterocycles. The van der Waals surface area contributed by atoms with Gasteiger partial charge in [-0.15, -0.1) is 0 Å². The molecule has 0 saturated heterocycles. The van der Waals surface area contributed by atoms with Crippen molar-refractivity contribution >= 4 is 15.9 Å². The molecule has 3 nitrogen and oxygen atoms in total. The van der Waals surface area contributed by atoms with E-state index in [1.54, 1.807) is 13.2 Å². The minimum atomic E-state index is 0.468. The summed E-state index contributed by atoms with van der Waals surface area (Å²) in [6.07, 6.45) is 1.48. The van der Waals surface area contributed by atoms with Gasteiger partial charge in [0.2, 0.25) is 0 Å². The lowest BCUT2D eigenvalue weighted by atomic mass is 10.3. The summed E-state index contributed by atoms with van der Waals surface area (Å²) in [6.45, 7) is 0.468. The molecule has 0 aliphatic carbocycles. The molecule has 0 amide bonds. The standard InChI is InChI=1S/C7H8BrNO2/c1-11-5-6-2-3-7(8)9(10)4-6/h2-4H,5H2,1H3. The monoisotopic (exact) mass is 217 g/mol. The van der Waals surface area contributed by atoms with E-state index in [4.69, 9.17) is 4.74 Å². The summed E-state index contributed by atoms with van der Waals surface area (Å²) in [6, 6.07) is 3.53. The largest absolute Gasteiger partial charge is 0.618 e. The lowest BCUT2D eigenvalue weighted by Gasteiger charge is -2.00. The van der Waals surface area contributed by atoms with Crippen molar-refractivity contribution in [3.05, 3.63) is 33.7 Å². The van der Waals surface area contributed by atoms with Crippen LogP contribution in [0.5, 0.6) is 0 Å². The number of halogens is 1. The SMILES string of the molecule is COCc1ccc(Br)[n+]([O-])c1. The maximum atomic E-state index is 10.9. The quantitative estimate of drug-likeness (QED) is 0.425. The first-order chi connectivity index (χ1) is 5.24. The fraction of sp³-hybridized carbons (Fsp3) is 0.286. The van der Waals surface area contributed by atoms with Crippen LogP contribution in [0, 0.1) is 5.21 Å². The molecule has 1 rings (SSSR count). The normalized spacial score (nSPS) is 10.0. The molecular formula is C7H8BrNO2. The first kappa shape index (κ1) is 8.49. The average Bonchev–Trinajstić information content (AvgIpc) is 1.98. The number of methoxy groups -OCH3 is 1. The Labute approximate surface area is 73.3 Å². The third-order valence-corrected chi connectivity index (χ3v) is 1.85. The van der Waals surface area contributed by atoms with Crippen molar-refractivity contribution in [3.8, 4) is 0 Å². The topological polar surface area (TPSA) is 36.2 Å². The molecule has 0 spiro atoms. The number of nitrogens with zero attached hydrogens (tertiary/aromatic N) is 1. The number of rotatable bonds is 2. The maximum Gasteiger partial charge on any atom is 0.259 e. The van der Waals surface area contributed by atoms with Crippen LogP contribution in [-0.4, -0.2) is 7.11 Å². The van der Waals surface area contributed by atoms with Crippen LogP contribution in [0.1, 0.15) is 5.56 Å². The van der Waals surface area contributed by atoms with Crippen LogP contribution in [0.3, 0.4) is 0 Å². The van der Waals surface area contributed by atoms with Crippen LogP contribution >= 0.6 is 15.9 Å². The van der Waals surface area contributed by atoms with Crippen LogP contribution in [0.25, 0.3) is 0 Å². The second kappa shape index (κ2) is 3.69. The van der Waals surface area contributed by atoms with Gasteiger partial charge in [-0.2, -0.15) is 4.73 Å². The van der Waals surface area contributed by atoms with Crippen molar-refractivity contribution < 1.29 is 9.47 Å². The van der Waals surface area contributed by atoms with E-state index in [1.807, 2.05) is 6.07 Å². The molecule has 4 heteroatoms. The third-order valence-electron chi connectivity index (χ3n) is 1.24. The molecule has 1 aromatic rings. The fourth-order valence-corrected chi connectivity index (χ4v) is 0.991. The van der Waals surface area contributed by atoms with Crippen LogP contribution < -0.4 is 4.73 Å². The van der Waals surface area contributed by atoms with Gasteiger partial charge in [-0.3, -0.25) is 0 Å². The first-order valence-corrected chi connectivity index (χ1v) is 3.90. The molecule has 0 unspecified atom stereocenters. The van der Waals surface area contributed by atoms with E-state index in [1.165, 1.54) is 6.20 Å². The smallest absolute Gasteiger partial charge is 0.259 e. The van der Waals surface area contributed by atoms with E-state index in [0.29, 0.717) is 11.2 Å². The number of hydrogen-bond donors (Lipinski definition) is 0. The van der Waals surface area contributed by atoms with E-state index in [2.05, 4.69) is 15.9 Å². The van der Waals surface area contributed by atoms with E-state index in [0.717, 1.165) is 10.3 Å². The van der Waals surface area contributed by atoms with Gasteiger partial charge < -0.3 is 9.94 Å². The molecule has 11 heavy (non-hydrogen) atoms. The van der Waals surface area contributed by atoms with Gasteiger partial charge in [0.1, 0.15) is 0 Å². The summed E-state index contributed by atoms with van der Waals surface area (Å²) >= 11 is 3.09. The molecule has 0 bridgehead atoms. The highest BCUT2D eigenvalue weighted by atomic mass is 79.9. The molecule has 0 fully saturated rings. The van der Waals surface area contributed by atoms with Gasteiger partial charge in [0.05, 0.1) is 6.61 Å². The molecule has 0 aliphatic rings. The van der Waals surface area contributed by atoms with Crippen LogP contribution in [0.4, 0.5) is 0 Å². The summed E-state index contributed by atoms with van der Waals surface area (Å²) in [5.74, 6) is 0. The van der Waals surface area contributed by atoms with Gasteiger partial charge in [-0.05, 0) is 6.07 Å². The maximum absolute atomic E-state index is 10.9. The van der Waals surface area contributed by atoms with Gasteiger partial charge in [0.25, 0.3) is 4.60 Å². The zero-order valence-electron chi connectivity index (χ0n) is 6.08. The van der Waals surface area contributed by atoms with Crippen molar-refractivity contribution in [2.45, 2.75) is 6.61 Å². The minimum Gasteiger partial charge on any atom is -0.618 e. The highest BCUT2D eigenvalue weighted by Gasteiger charge is 2.01. The van der Waals surface area contributed by atoms with Gasteiger partial charge in [0, 0.05) is 34.7 Å². The Bertz CT molecular complexity index is 252. The van der Waals surface area contributed by atoms with E-state index < -0.39 is 0 Å². The van der Waals surface area contributed by atoms with Crippen molar-refractivity contribution in [1.29, 1.82) is 0 Å². The Morgan fingerprint density at radius 3 is 2.91 bits per heavy atom. The van der Waals surface area contributed by atoms with Crippen molar-refractivity contribution in [2.75, 3.05) is 7.11 Å². The Balaban J connectivity index is 2.86. The molecule has 1 heterocycles. The number of aromatic nitrogens is 1. The van der Waals surface area contributed by atoms with Crippen molar-refractivity contribution in [2.24, 2.45) is 0 Å². The predicted molar refractivity (Wildman–Crippen MR) is 43.8 cm³/mol. The van der Waals surface area contributed by atoms with Crippen LogP contribution in [-0.2, 0) is 11.3 Å². The molecule has 0 saturated carbocycles. The van der Waals surface area contributed by atoms with E-state index >= 15 is 0 Å². The van der Waals surface area contributed by atoms with Crippen molar-refractivity contribution in [1.82, 2.24) is 0 Å². The summed E-state index contributed by atoms with van der Waals surface area (Å²) < 4.78 is 6.12. The Morgan fingerprint density at radius 2 is 2.36 bits per heavy atom. The number of hydrogen-bond acceptors (Lipinski definition) is 2. The fourth-order valence-electron chi connectivity index (χ4n) is 0.757. The summed E-state index contributed by atoms with van der Waals surface area (Å²) in [5.41, 5.74) is 0.866. The predicted octanol–water partition coefficient (Wildman–Crippen LogP) is 1.23. The highest BCUT2D eigenvalue weighted by Crippen LogP contribution is 2.04. The molecule has 0 aliphatic heterocycles. The molecular weight excluding hydrogens is 210 g/mol. The summed E-state index contributed by atoms with van der Waals surface area (Å²) in [7, 11) is 1.59. The second-order valence-corrected chi connectivity index (χ2v) is 2.93. The molecule has 0 aromatic carbocycles.